The summed E-state index contributed by atoms with van der Waals surface area (Å²) in [5, 5.41) is 8.62. The van der Waals surface area contributed by atoms with E-state index in [1.54, 1.807) is 6.92 Å². The minimum Gasteiger partial charge on any atom is -0.478 e. The van der Waals surface area contributed by atoms with Gasteiger partial charge in [0.05, 0.1) is 12.7 Å². The third-order valence-electron chi connectivity index (χ3n) is 1.45. The van der Waals surface area contributed by atoms with Gasteiger partial charge in [0.15, 0.2) is 0 Å². The van der Waals surface area contributed by atoms with Gasteiger partial charge < -0.3 is 9.84 Å². The molecule has 0 amide bonds. The maximum Gasteiger partial charge on any atom is 0.337 e. The second-order valence-electron chi connectivity index (χ2n) is 2.35. The molecule has 1 N–H and O–H groups in total. The summed E-state index contributed by atoms with van der Waals surface area (Å²) in [6.45, 7) is 5.07. The van der Waals surface area contributed by atoms with Crippen LogP contribution in [-0.2, 0) is 14.3 Å². The first-order valence-corrected chi connectivity index (χ1v) is 3.74. The molecule has 0 unspecified atom stereocenters. The molecule has 0 aromatic rings. The summed E-state index contributed by atoms with van der Waals surface area (Å²) < 4.78 is 4.36. The number of carbonyl (C=O) groups is 2. The van der Waals surface area contributed by atoms with E-state index in [0.717, 1.165) is 0 Å². The van der Waals surface area contributed by atoms with E-state index < -0.39 is 11.9 Å². The van der Waals surface area contributed by atoms with Crippen molar-refractivity contribution in [3.8, 4) is 0 Å². The van der Waals surface area contributed by atoms with Crippen LogP contribution in [0.4, 0.5) is 0 Å². The second kappa shape index (κ2) is 5.13. The number of ether oxygens (including phenoxy) is 1. The Morgan fingerprint density at radius 3 is 2.38 bits per heavy atom. The van der Waals surface area contributed by atoms with Crippen molar-refractivity contribution in [1.29, 1.82) is 0 Å². The molecule has 0 saturated carbocycles. The predicted molar refractivity (Wildman–Crippen MR) is 47.2 cm³/mol. The second-order valence-corrected chi connectivity index (χ2v) is 2.35. The molecule has 13 heavy (non-hydrogen) atoms. The summed E-state index contributed by atoms with van der Waals surface area (Å²) >= 11 is 0. The van der Waals surface area contributed by atoms with Gasteiger partial charge in [-0.1, -0.05) is 13.5 Å². The molecule has 0 aliphatic carbocycles. The SMILES string of the molecule is C=C(C=C(CC)C(=O)O)C(=O)OC. The van der Waals surface area contributed by atoms with Gasteiger partial charge in [0, 0.05) is 5.57 Å². The van der Waals surface area contributed by atoms with E-state index in [2.05, 4.69) is 11.3 Å². The van der Waals surface area contributed by atoms with Crippen LogP contribution < -0.4 is 0 Å². The van der Waals surface area contributed by atoms with Crippen molar-refractivity contribution in [1.82, 2.24) is 0 Å². The predicted octanol–water partition coefficient (Wildman–Crippen LogP) is 1.14. The molecule has 0 fully saturated rings. The maximum absolute atomic E-state index is 10.8. The molecule has 0 bridgehead atoms. The quantitative estimate of drug-likeness (QED) is 0.404. The van der Waals surface area contributed by atoms with Crippen LogP contribution in [0.15, 0.2) is 23.8 Å². The van der Waals surface area contributed by atoms with Gasteiger partial charge in [-0.3, -0.25) is 0 Å². The van der Waals surface area contributed by atoms with Crippen LogP contribution in [0.5, 0.6) is 0 Å². The van der Waals surface area contributed by atoms with Gasteiger partial charge in [0.1, 0.15) is 0 Å². The molecule has 0 aliphatic rings. The van der Waals surface area contributed by atoms with E-state index >= 15 is 0 Å². The third-order valence-corrected chi connectivity index (χ3v) is 1.45. The third kappa shape index (κ3) is 3.55. The summed E-state index contributed by atoms with van der Waals surface area (Å²) in [6.07, 6.45) is 1.56. The number of rotatable bonds is 4. The van der Waals surface area contributed by atoms with Crippen LogP contribution in [0.2, 0.25) is 0 Å². The number of carboxylic acids is 1. The number of esters is 1. The molecule has 0 aliphatic heterocycles. The fourth-order valence-corrected chi connectivity index (χ4v) is 0.715. The van der Waals surface area contributed by atoms with Gasteiger partial charge in [-0.05, 0) is 12.5 Å². The molecule has 0 aromatic carbocycles. The van der Waals surface area contributed by atoms with Crippen LogP contribution in [0.1, 0.15) is 13.3 Å². The molecule has 0 heterocycles. The molecule has 4 heteroatoms. The highest BCUT2D eigenvalue weighted by atomic mass is 16.5. The van der Waals surface area contributed by atoms with E-state index in [4.69, 9.17) is 5.11 Å². The van der Waals surface area contributed by atoms with E-state index in [9.17, 15) is 9.59 Å². The largest absolute Gasteiger partial charge is 0.478 e. The Morgan fingerprint density at radius 1 is 1.54 bits per heavy atom. The van der Waals surface area contributed by atoms with E-state index in [0.29, 0.717) is 6.42 Å². The molecular weight excluding hydrogens is 172 g/mol. The zero-order valence-corrected chi connectivity index (χ0v) is 7.66. The molecule has 0 atom stereocenters. The summed E-state index contributed by atoms with van der Waals surface area (Å²) in [4.78, 5) is 21.3. The Balaban J connectivity index is 4.61. The Morgan fingerprint density at radius 2 is 2.08 bits per heavy atom. The highest BCUT2D eigenvalue weighted by molar-refractivity contribution is 5.95. The summed E-state index contributed by atoms with van der Waals surface area (Å²) in [5.41, 5.74) is 0.178. The first-order valence-electron chi connectivity index (χ1n) is 3.74. The summed E-state index contributed by atoms with van der Waals surface area (Å²) in [7, 11) is 1.22. The number of aliphatic carboxylic acids is 1. The van der Waals surface area contributed by atoms with Crippen LogP contribution in [0.25, 0.3) is 0 Å². The van der Waals surface area contributed by atoms with Crippen LogP contribution in [0, 0.1) is 0 Å². The average Bonchev–Trinajstić information content (AvgIpc) is 2.11. The van der Waals surface area contributed by atoms with E-state index in [1.165, 1.54) is 13.2 Å². The van der Waals surface area contributed by atoms with Gasteiger partial charge in [-0.2, -0.15) is 0 Å². The lowest BCUT2D eigenvalue weighted by Crippen LogP contribution is -2.05. The molecule has 0 saturated heterocycles. The molecule has 72 valence electrons. The lowest BCUT2D eigenvalue weighted by atomic mass is 10.1. The summed E-state index contributed by atoms with van der Waals surface area (Å²) in [6, 6.07) is 0. The topological polar surface area (TPSA) is 63.6 Å². The van der Waals surface area contributed by atoms with Crippen molar-refractivity contribution in [2.75, 3.05) is 7.11 Å². The average molecular weight is 184 g/mol. The number of carboxylic acid groups (broad SMARTS) is 1. The van der Waals surface area contributed by atoms with Crippen LogP contribution in [0.3, 0.4) is 0 Å². The normalized spacial score (nSPS) is 10.8. The van der Waals surface area contributed by atoms with Gasteiger partial charge in [-0.15, -0.1) is 0 Å². The van der Waals surface area contributed by atoms with Crippen molar-refractivity contribution in [2.45, 2.75) is 13.3 Å². The monoisotopic (exact) mass is 184 g/mol. The lowest BCUT2D eigenvalue weighted by Gasteiger charge is -1.99. The lowest BCUT2D eigenvalue weighted by molar-refractivity contribution is -0.135. The molecule has 0 radical (unpaired) electrons. The van der Waals surface area contributed by atoms with Gasteiger partial charge in [-0.25, -0.2) is 9.59 Å². The smallest absolute Gasteiger partial charge is 0.337 e. The van der Waals surface area contributed by atoms with Crippen LogP contribution in [-0.4, -0.2) is 24.2 Å². The standard InChI is InChI=1S/C9H12O4/c1-4-7(8(10)11)5-6(2)9(12)13-3/h5H,2,4H2,1,3H3,(H,10,11). The summed E-state index contributed by atoms with van der Waals surface area (Å²) in [5.74, 6) is -1.67. The Kier molecular flexibility index (Phi) is 4.51. The first-order chi connectivity index (χ1) is 6.02. The highest BCUT2D eigenvalue weighted by Gasteiger charge is 2.08. The van der Waals surface area contributed by atoms with E-state index in [1.807, 2.05) is 0 Å². The van der Waals surface area contributed by atoms with Gasteiger partial charge in [0.25, 0.3) is 0 Å². The Hall–Kier alpha value is -1.58. The molecule has 4 nitrogen and oxygen atoms in total. The fourth-order valence-electron chi connectivity index (χ4n) is 0.715. The van der Waals surface area contributed by atoms with Crippen molar-refractivity contribution < 1.29 is 19.4 Å². The van der Waals surface area contributed by atoms with Crippen molar-refractivity contribution in [3.63, 3.8) is 0 Å². The Bertz CT molecular complexity index is 263. The molecule has 0 aromatic heterocycles. The fraction of sp³-hybridized carbons (Fsp3) is 0.333. The first kappa shape index (κ1) is 11.4. The van der Waals surface area contributed by atoms with Gasteiger partial charge >= 0.3 is 11.9 Å². The minimum atomic E-state index is -1.05. The van der Waals surface area contributed by atoms with Gasteiger partial charge in [0.2, 0.25) is 0 Å². The van der Waals surface area contributed by atoms with Crippen molar-refractivity contribution >= 4 is 11.9 Å². The molecular formula is C9H12O4. The van der Waals surface area contributed by atoms with Crippen molar-refractivity contribution in [2.24, 2.45) is 0 Å². The number of hydrogen-bond donors (Lipinski definition) is 1. The highest BCUT2D eigenvalue weighted by Crippen LogP contribution is 2.06. The number of methoxy groups -OCH3 is 1. The Labute approximate surface area is 76.5 Å². The zero-order chi connectivity index (χ0) is 10.4. The molecule has 0 spiro atoms. The maximum atomic E-state index is 10.8. The van der Waals surface area contributed by atoms with E-state index in [-0.39, 0.29) is 11.1 Å². The van der Waals surface area contributed by atoms with Crippen molar-refractivity contribution in [3.05, 3.63) is 23.8 Å². The van der Waals surface area contributed by atoms with Crippen LogP contribution >= 0.6 is 0 Å². The number of hydrogen-bond acceptors (Lipinski definition) is 3. The molecule has 0 rings (SSSR count). The number of carbonyl (C=O) groups excluding carboxylic acids is 1. The zero-order valence-electron chi connectivity index (χ0n) is 7.66. The minimum absolute atomic E-state index is 0.0433.